The van der Waals surface area contributed by atoms with Crippen molar-refractivity contribution in [3.8, 4) is 11.5 Å². The fraction of sp³-hybridized carbons (Fsp3) is 0.471. The van der Waals surface area contributed by atoms with Crippen molar-refractivity contribution in [2.75, 3.05) is 26.4 Å². The topological polar surface area (TPSA) is 103 Å². The lowest BCUT2D eigenvalue weighted by Gasteiger charge is -2.13. The van der Waals surface area contributed by atoms with E-state index < -0.39 is 24.5 Å². The first-order valence-electron chi connectivity index (χ1n) is 8.04. The van der Waals surface area contributed by atoms with Gasteiger partial charge in [0.1, 0.15) is 17.5 Å². The van der Waals surface area contributed by atoms with Gasteiger partial charge in [-0.2, -0.15) is 0 Å². The highest BCUT2D eigenvalue weighted by Crippen LogP contribution is 2.17. The van der Waals surface area contributed by atoms with Crippen LogP contribution in [0.3, 0.4) is 0 Å². The van der Waals surface area contributed by atoms with E-state index in [1.807, 2.05) is 6.92 Å². The molecule has 1 aromatic carbocycles. The van der Waals surface area contributed by atoms with Crippen LogP contribution in [0.2, 0.25) is 0 Å². The van der Waals surface area contributed by atoms with E-state index in [-0.39, 0.29) is 12.5 Å². The quantitative estimate of drug-likeness (QED) is 0.599. The van der Waals surface area contributed by atoms with Crippen molar-refractivity contribution >= 4 is 17.8 Å². The predicted octanol–water partition coefficient (Wildman–Crippen LogP) is 0.648. The van der Waals surface area contributed by atoms with E-state index in [1.54, 1.807) is 38.1 Å². The largest absolute Gasteiger partial charge is 0.494 e. The first-order valence-corrected chi connectivity index (χ1v) is 8.04. The number of ether oxygens (including phenoxy) is 3. The van der Waals surface area contributed by atoms with Crippen molar-refractivity contribution in [2.24, 2.45) is 0 Å². The summed E-state index contributed by atoms with van der Waals surface area (Å²) in [6.07, 6.45) is 0. The number of hydrogen-bond donors (Lipinski definition) is 2. The molecule has 8 heteroatoms. The molecule has 0 aliphatic heterocycles. The molecule has 1 atom stereocenters. The average molecular weight is 352 g/mol. The van der Waals surface area contributed by atoms with Gasteiger partial charge in [-0.3, -0.25) is 9.59 Å². The number of benzene rings is 1. The number of nitrogens with one attached hydrogen (secondary N) is 2. The van der Waals surface area contributed by atoms with Gasteiger partial charge in [0.15, 0.2) is 13.2 Å². The molecule has 138 valence electrons. The second-order valence-electron chi connectivity index (χ2n) is 5.04. The third-order valence-electron chi connectivity index (χ3n) is 2.98. The van der Waals surface area contributed by atoms with Gasteiger partial charge in [0.05, 0.1) is 6.61 Å². The van der Waals surface area contributed by atoms with Gasteiger partial charge < -0.3 is 24.8 Å². The second kappa shape index (κ2) is 10.9. The SMILES string of the molecule is CCNC(=O)[C@H](C)NC(=O)COC(=O)COc1ccc(OCC)cc1. The summed E-state index contributed by atoms with van der Waals surface area (Å²) >= 11 is 0. The van der Waals surface area contributed by atoms with E-state index in [9.17, 15) is 14.4 Å². The van der Waals surface area contributed by atoms with Crippen molar-refractivity contribution in [2.45, 2.75) is 26.8 Å². The van der Waals surface area contributed by atoms with E-state index >= 15 is 0 Å². The zero-order valence-corrected chi connectivity index (χ0v) is 14.7. The van der Waals surface area contributed by atoms with Crippen molar-refractivity contribution < 1.29 is 28.6 Å². The summed E-state index contributed by atoms with van der Waals surface area (Å²) in [6, 6.07) is 6.07. The molecule has 0 spiro atoms. The summed E-state index contributed by atoms with van der Waals surface area (Å²) in [5.74, 6) is -0.367. The summed E-state index contributed by atoms with van der Waals surface area (Å²) in [5, 5.41) is 5.00. The Morgan fingerprint density at radius 2 is 1.60 bits per heavy atom. The van der Waals surface area contributed by atoms with E-state index in [4.69, 9.17) is 14.2 Å². The lowest BCUT2D eigenvalue weighted by molar-refractivity contribution is -0.150. The molecular weight excluding hydrogens is 328 g/mol. The highest BCUT2D eigenvalue weighted by molar-refractivity contribution is 5.88. The molecule has 1 aromatic rings. The molecule has 1 rings (SSSR count). The third-order valence-corrected chi connectivity index (χ3v) is 2.98. The minimum atomic E-state index is -0.703. The minimum Gasteiger partial charge on any atom is -0.494 e. The van der Waals surface area contributed by atoms with Crippen LogP contribution in [-0.2, 0) is 19.1 Å². The van der Waals surface area contributed by atoms with Gasteiger partial charge in [-0.15, -0.1) is 0 Å². The van der Waals surface area contributed by atoms with Crippen LogP contribution >= 0.6 is 0 Å². The molecule has 2 N–H and O–H groups in total. The first-order chi connectivity index (χ1) is 12.0. The van der Waals surface area contributed by atoms with Gasteiger partial charge in [0, 0.05) is 6.54 Å². The average Bonchev–Trinajstić information content (AvgIpc) is 2.59. The summed E-state index contributed by atoms with van der Waals surface area (Å²) in [6.45, 7) is 5.43. The number of carbonyl (C=O) groups is 3. The molecule has 0 saturated carbocycles. The van der Waals surface area contributed by atoms with Gasteiger partial charge in [-0.1, -0.05) is 0 Å². The number of carbonyl (C=O) groups excluding carboxylic acids is 3. The van der Waals surface area contributed by atoms with Crippen LogP contribution in [-0.4, -0.2) is 50.2 Å². The Balaban J connectivity index is 2.27. The lowest BCUT2D eigenvalue weighted by atomic mass is 10.3. The van der Waals surface area contributed by atoms with Gasteiger partial charge >= 0.3 is 5.97 Å². The number of likely N-dealkylation sites (N-methyl/N-ethyl adjacent to an activating group) is 1. The lowest BCUT2D eigenvalue weighted by Crippen LogP contribution is -2.46. The van der Waals surface area contributed by atoms with Crippen LogP contribution < -0.4 is 20.1 Å². The third kappa shape index (κ3) is 8.05. The molecule has 0 radical (unpaired) electrons. The van der Waals surface area contributed by atoms with Gasteiger partial charge in [0.2, 0.25) is 5.91 Å². The normalized spacial score (nSPS) is 11.2. The van der Waals surface area contributed by atoms with Gasteiger partial charge in [-0.25, -0.2) is 4.79 Å². The monoisotopic (exact) mass is 352 g/mol. The van der Waals surface area contributed by atoms with Crippen LogP contribution in [0.25, 0.3) is 0 Å². The number of rotatable bonds is 10. The number of esters is 1. The maximum atomic E-state index is 11.6. The smallest absolute Gasteiger partial charge is 0.344 e. The fourth-order valence-corrected chi connectivity index (χ4v) is 1.80. The summed E-state index contributed by atoms with van der Waals surface area (Å²) in [7, 11) is 0. The van der Waals surface area contributed by atoms with Crippen molar-refractivity contribution in [1.82, 2.24) is 10.6 Å². The molecule has 0 aliphatic carbocycles. The zero-order chi connectivity index (χ0) is 18.7. The predicted molar refractivity (Wildman–Crippen MR) is 90.4 cm³/mol. The Labute approximate surface area is 146 Å². The second-order valence-corrected chi connectivity index (χ2v) is 5.04. The number of hydrogen-bond acceptors (Lipinski definition) is 6. The molecular formula is C17H24N2O6. The highest BCUT2D eigenvalue weighted by atomic mass is 16.6. The van der Waals surface area contributed by atoms with Crippen LogP contribution in [0.15, 0.2) is 24.3 Å². The molecule has 0 aromatic heterocycles. The van der Waals surface area contributed by atoms with E-state index in [0.717, 1.165) is 0 Å². The van der Waals surface area contributed by atoms with E-state index in [2.05, 4.69) is 10.6 Å². The molecule has 0 fully saturated rings. The number of amides is 2. The summed E-state index contributed by atoms with van der Waals surface area (Å²) < 4.78 is 15.3. The Hall–Kier alpha value is -2.77. The van der Waals surface area contributed by atoms with Gasteiger partial charge in [0.25, 0.3) is 5.91 Å². The van der Waals surface area contributed by atoms with E-state index in [0.29, 0.717) is 24.7 Å². The Morgan fingerprint density at radius 1 is 1.00 bits per heavy atom. The first kappa shape index (κ1) is 20.3. The summed E-state index contributed by atoms with van der Waals surface area (Å²) in [5.41, 5.74) is 0. The standard InChI is InChI=1S/C17H24N2O6/c1-4-18-17(22)12(3)19-15(20)10-25-16(21)11-24-14-8-6-13(7-9-14)23-5-2/h6-9,12H,4-5,10-11H2,1-3H3,(H,18,22)(H,19,20)/t12-/m0/s1. The molecule has 25 heavy (non-hydrogen) atoms. The molecule has 0 unspecified atom stereocenters. The molecule has 2 amide bonds. The molecule has 0 bridgehead atoms. The van der Waals surface area contributed by atoms with Crippen molar-refractivity contribution in [3.05, 3.63) is 24.3 Å². The van der Waals surface area contributed by atoms with E-state index in [1.165, 1.54) is 0 Å². The summed E-state index contributed by atoms with van der Waals surface area (Å²) in [4.78, 5) is 34.7. The van der Waals surface area contributed by atoms with Crippen LogP contribution in [0.1, 0.15) is 20.8 Å². The Kier molecular flexibility index (Phi) is 8.84. The maximum Gasteiger partial charge on any atom is 0.344 e. The van der Waals surface area contributed by atoms with Crippen LogP contribution in [0, 0.1) is 0 Å². The minimum absolute atomic E-state index is 0.305. The van der Waals surface area contributed by atoms with Crippen molar-refractivity contribution in [3.63, 3.8) is 0 Å². The molecule has 0 aliphatic rings. The van der Waals surface area contributed by atoms with Crippen LogP contribution in [0.5, 0.6) is 11.5 Å². The Bertz CT molecular complexity index is 573. The van der Waals surface area contributed by atoms with Crippen molar-refractivity contribution in [1.29, 1.82) is 0 Å². The molecule has 0 saturated heterocycles. The Morgan fingerprint density at radius 3 is 2.16 bits per heavy atom. The van der Waals surface area contributed by atoms with Crippen LogP contribution in [0.4, 0.5) is 0 Å². The van der Waals surface area contributed by atoms with Gasteiger partial charge in [-0.05, 0) is 45.0 Å². The molecule has 8 nitrogen and oxygen atoms in total. The zero-order valence-electron chi connectivity index (χ0n) is 14.7. The fourth-order valence-electron chi connectivity index (χ4n) is 1.80. The highest BCUT2D eigenvalue weighted by Gasteiger charge is 2.16. The molecule has 0 heterocycles. The maximum absolute atomic E-state index is 11.6.